The van der Waals surface area contributed by atoms with Gasteiger partial charge in [-0.3, -0.25) is 9.69 Å². The van der Waals surface area contributed by atoms with E-state index >= 15 is 0 Å². The number of carbonyl (C=O) groups is 1. The van der Waals surface area contributed by atoms with Gasteiger partial charge in [0, 0.05) is 22.3 Å². The topological polar surface area (TPSA) is 40.5 Å². The first kappa shape index (κ1) is 12.6. The van der Waals surface area contributed by atoms with Gasteiger partial charge in [-0.15, -0.1) is 11.3 Å². The van der Waals surface area contributed by atoms with Gasteiger partial charge in [-0.05, 0) is 44.9 Å². The summed E-state index contributed by atoms with van der Waals surface area (Å²) in [4.78, 5) is 15.7. The third-order valence-electron chi connectivity index (χ3n) is 3.49. The Hall–Kier alpha value is -0.870. The summed E-state index contributed by atoms with van der Waals surface area (Å²) < 4.78 is 0. The maximum atomic E-state index is 10.6. The van der Waals surface area contributed by atoms with Gasteiger partial charge >= 0.3 is 5.97 Å². The Balaban J connectivity index is 2.06. The molecule has 0 bridgehead atoms. The van der Waals surface area contributed by atoms with Crippen LogP contribution in [0.1, 0.15) is 40.6 Å². The van der Waals surface area contributed by atoms with E-state index in [1.165, 1.54) is 28.2 Å². The zero-order chi connectivity index (χ0) is 12.4. The van der Waals surface area contributed by atoms with E-state index in [0.29, 0.717) is 12.6 Å². The summed E-state index contributed by atoms with van der Waals surface area (Å²) in [6, 6.07) is 2.72. The molecule has 0 aliphatic carbocycles. The highest BCUT2D eigenvalue weighted by Gasteiger charge is 2.27. The number of hydrogen-bond donors (Lipinski definition) is 1. The molecular formula is C13H19NO2S. The number of likely N-dealkylation sites (tertiary alicyclic amines) is 1. The monoisotopic (exact) mass is 253 g/mol. The van der Waals surface area contributed by atoms with Crippen LogP contribution in [0.5, 0.6) is 0 Å². The van der Waals surface area contributed by atoms with E-state index in [4.69, 9.17) is 5.11 Å². The number of carboxylic acid groups (broad SMARTS) is 1. The van der Waals surface area contributed by atoms with E-state index in [9.17, 15) is 4.79 Å². The predicted octanol–water partition coefficient (Wildman–Crippen LogP) is 2.98. The number of aliphatic carboxylic acids is 1. The van der Waals surface area contributed by atoms with Gasteiger partial charge in [0.15, 0.2) is 0 Å². The molecule has 17 heavy (non-hydrogen) atoms. The molecule has 1 aromatic rings. The molecule has 1 N–H and O–H groups in total. The van der Waals surface area contributed by atoms with E-state index < -0.39 is 5.97 Å². The van der Waals surface area contributed by atoms with Crippen molar-refractivity contribution in [2.75, 3.05) is 13.1 Å². The Labute approximate surface area is 106 Å². The van der Waals surface area contributed by atoms with Crippen LogP contribution >= 0.6 is 11.3 Å². The Morgan fingerprint density at radius 2 is 2.35 bits per heavy atom. The van der Waals surface area contributed by atoms with Crippen molar-refractivity contribution < 1.29 is 9.90 Å². The van der Waals surface area contributed by atoms with Gasteiger partial charge in [-0.2, -0.15) is 0 Å². The fourth-order valence-corrected chi connectivity index (χ4v) is 3.63. The fraction of sp³-hybridized carbons (Fsp3) is 0.615. The molecule has 3 nitrogen and oxygen atoms in total. The molecule has 1 aromatic heterocycles. The van der Waals surface area contributed by atoms with E-state index in [2.05, 4.69) is 24.8 Å². The third kappa shape index (κ3) is 2.87. The Morgan fingerprint density at radius 3 is 2.94 bits per heavy atom. The molecule has 1 aliphatic heterocycles. The molecule has 4 heteroatoms. The summed E-state index contributed by atoms with van der Waals surface area (Å²) in [7, 11) is 0. The Morgan fingerprint density at radius 1 is 1.59 bits per heavy atom. The average molecular weight is 253 g/mol. The lowest BCUT2D eigenvalue weighted by molar-refractivity contribution is -0.137. The maximum Gasteiger partial charge on any atom is 0.304 e. The molecule has 1 saturated heterocycles. The number of hydrogen-bond acceptors (Lipinski definition) is 3. The summed E-state index contributed by atoms with van der Waals surface area (Å²) in [6.45, 7) is 6.01. The van der Waals surface area contributed by atoms with Gasteiger partial charge in [0.1, 0.15) is 0 Å². The van der Waals surface area contributed by atoms with Crippen molar-refractivity contribution >= 4 is 17.3 Å². The maximum absolute atomic E-state index is 10.6. The number of aryl methyl sites for hydroxylation is 2. The molecule has 0 unspecified atom stereocenters. The molecule has 0 spiro atoms. The second-order valence-corrected chi connectivity index (χ2v) is 6.01. The minimum absolute atomic E-state index is 0.250. The lowest BCUT2D eigenvalue weighted by atomic mass is 10.1. The first-order valence-electron chi connectivity index (χ1n) is 6.10. The molecule has 0 aromatic carbocycles. The molecule has 0 radical (unpaired) electrons. The average Bonchev–Trinajstić information content (AvgIpc) is 2.83. The number of carboxylic acids is 1. The number of thiophene rings is 1. The van der Waals surface area contributed by atoms with Crippen molar-refractivity contribution in [3.63, 3.8) is 0 Å². The molecule has 1 fully saturated rings. The Kier molecular flexibility index (Phi) is 3.84. The quantitative estimate of drug-likeness (QED) is 0.896. The molecule has 0 amide bonds. The van der Waals surface area contributed by atoms with Gasteiger partial charge < -0.3 is 5.11 Å². The molecule has 1 aliphatic rings. The van der Waals surface area contributed by atoms with Crippen molar-refractivity contribution in [1.82, 2.24) is 4.90 Å². The van der Waals surface area contributed by atoms with Crippen molar-refractivity contribution in [2.45, 2.75) is 39.2 Å². The second kappa shape index (κ2) is 5.19. The van der Waals surface area contributed by atoms with Crippen LogP contribution in [-0.2, 0) is 4.79 Å². The number of nitrogens with zero attached hydrogens (tertiary/aromatic N) is 1. The zero-order valence-corrected chi connectivity index (χ0v) is 11.2. The highest BCUT2D eigenvalue weighted by Crippen LogP contribution is 2.37. The van der Waals surface area contributed by atoms with Crippen LogP contribution in [0.3, 0.4) is 0 Å². The molecule has 2 heterocycles. The molecule has 2 rings (SSSR count). The molecular weight excluding hydrogens is 234 g/mol. The predicted molar refractivity (Wildman–Crippen MR) is 69.6 cm³/mol. The summed E-state index contributed by atoms with van der Waals surface area (Å²) >= 11 is 1.86. The van der Waals surface area contributed by atoms with Crippen LogP contribution in [0, 0.1) is 13.8 Å². The van der Waals surface area contributed by atoms with Crippen molar-refractivity contribution in [1.29, 1.82) is 0 Å². The standard InChI is InChI=1S/C13H19NO2S/c1-9-8-12(17-10(9)2)11-4-3-6-14(11)7-5-13(15)16/h8,11H,3-7H2,1-2H3,(H,15,16)/t11-/m1/s1. The van der Waals surface area contributed by atoms with Crippen molar-refractivity contribution in [3.8, 4) is 0 Å². The number of rotatable bonds is 4. The lowest BCUT2D eigenvalue weighted by Crippen LogP contribution is -2.25. The SMILES string of the molecule is Cc1cc([C@H]2CCCN2CCC(=O)O)sc1C. The van der Waals surface area contributed by atoms with Crippen molar-refractivity contribution in [3.05, 3.63) is 21.4 Å². The Bertz CT molecular complexity index is 394. The van der Waals surface area contributed by atoms with Gasteiger partial charge in [-0.25, -0.2) is 0 Å². The first-order valence-corrected chi connectivity index (χ1v) is 6.92. The smallest absolute Gasteiger partial charge is 0.304 e. The van der Waals surface area contributed by atoms with Gasteiger partial charge in [-0.1, -0.05) is 0 Å². The van der Waals surface area contributed by atoms with Gasteiger partial charge in [0.2, 0.25) is 0 Å². The van der Waals surface area contributed by atoms with Crippen LogP contribution < -0.4 is 0 Å². The van der Waals surface area contributed by atoms with Gasteiger partial charge in [0.05, 0.1) is 6.42 Å². The summed E-state index contributed by atoms with van der Waals surface area (Å²) in [5.41, 5.74) is 1.36. The minimum atomic E-state index is -0.700. The summed E-state index contributed by atoms with van der Waals surface area (Å²) in [6.07, 6.45) is 2.60. The van der Waals surface area contributed by atoms with E-state index in [0.717, 1.165) is 6.54 Å². The molecule has 0 saturated carbocycles. The molecule has 1 atom stereocenters. The van der Waals surface area contributed by atoms with Crippen LogP contribution in [0.2, 0.25) is 0 Å². The normalized spacial score (nSPS) is 20.9. The van der Waals surface area contributed by atoms with Crippen LogP contribution in [0.4, 0.5) is 0 Å². The first-order chi connectivity index (χ1) is 8.08. The zero-order valence-electron chi connectivity index (χ0n) is 10.4. The van der Waals surface area contributed by atoms with E-state index in [1.807, 2.05) is 11.3 Å². The summed E-state index contributed by atoms with van der Waals surface area (Å²) in [5, 5.41) is 8.75. The highest BCUT2D eigenvalue weighted by atomic mass is 32.1. The van der Waals surface area contributed by atoms with E-state index in [1.54, 1.807) is 0 Å². The van der Waals surface area contributed by atoms with Gasteiger partial charge in [0.25, 0.3) is 0 Å². The fourth-order valence-electron chi connectivity index (χ4n) is 2.42. The highest BCUT2D eigenvalue weighted by molar-refractivity contribution is 7.12. The van der Waals surface area contributed by atoms with Crippen LogP contribution in [0.15, 0.2) is 6.07 Å². The van der Waals surface area contributed by atoms with Crippen LogP contribution in [-0.4, -0.2) is 29.1 Å². The second-order valence-electron chi connectivity index (χ2n) is 4.73. The minimum Gasteiger partial charge on any atom is -0.481 e. The van der Waals surface area contributed by atoms with Crippen LogP contribution in [0.25, 0.3) is 0 Å². The largest absolute Gasteiger partial charge is 0.481 e. The van der Waals surface area contributed by atoms with Crippen molar-refractivity contribution in [2.24, 2.45) is 0 Å². The third-order valence-corrected chi connectivity index (χ3v) is 4.74. The summed E-state index contributed by atoms with van der Waals surface area (Å²) in [5.74, 6) is -0.700. The lowest BCUT2D eigenvalue weighted by Gasteiger charge is -2.22. The van der Waals surface area contributed by atoms with E-state index in [-0.39, 0.29) is 6.42 Å². The molecule has 94 valence electrons.